The summed E-state index contributed by atoms with van der Waals surface area (Å²) in [7, 11) is -3.64. The Morgan fingerprint density at radius 3 is 2.41 bits per heavy atom. The summed E-state index contributed by atoms with van der Waals surface area (Å²) in [5, 5.41) is 3.08. The summed E-state index contributed by atoms with van der Waals surface area (Å²) in [5.74, 6) is -0.0255. The first-order chi connectivity index (χ1) is 15.1. The van der Waals surface area contributed by atoms with Gasteiger partial charge in [-0.3, -0.25) is 4.79 Å². The molecular formula is C24H31ClN2O4S. The zero-order valence-corrected chi connectivity index (χ0v) is 20.6. The Balaban J connectivity index is 1.59. The number of sulfonamides is 1. The lowest BCUT2D eigenvalue weighted by molar-refractivity contribution is -0.123. The third kappa shape index (κ3) is 6.03. The molecule has 0 unspecified atom stereocenters. The van der Waals surface area contributed by atoms with Crippen LogP contribution in [0.3, 0.4) is 0 Å². The fraction of sp³-hybridized carbons (Fsp3) is 0.458. The summed E-state index contributed by atoms with van der Waals surface area (Å²) in [5.41, 5.74) is 4.57. The third-order valence-electron chi connectivity index (χ3n) is 5.98. The van der Waals surface area contributed by atoms with Gasteiger partial charge in [0.25, 0.3) is 5.91 Å². The summed E-state index contributed by atoms with van der Waals surface area (Å²) in [4.78, 5) is 12.5. The number of halogens is 1. The van der Waals surface area contributed by atoms with Crippen molar-refractivity contribution in [3.63, 3.8) is 0 Å². The zero-order chi connectivity index (χ0) is 23.5. The number of hydrogen-bond donors (Lipinski definition) is 2. The summed E-state index contributed by atoms with van der Waals surface area (Å²) in [6.45, 7) is 7.84. The van der Waals surface area contributed by atoms with E-state index in [2.05, 4.69) is 29.1 Å². The second kappa shape index (κ2) is 10.2. The van der Waals surface area contributed by atoms with E-state index in [1.807, 2.05) is 20.8 Å². The molecule has 32 heavy (non-hydrogen) atoms. The van der Waals surface area contributed by atoms with Crippen molar-refractivity contribution in [2.24, 2.45) is 0 Å². The lowest BCUT2D eigenvalue weighted by Crippen LogP contribution is -2.32. The maximum Gasteiger partial charge on any atom is 0.258 e. The van der Waals surface area contributed by atoms with E-state index in [9.17, 15) is 13.2 Å². The molecular weight excluding hydrogens is 448 g/mol. The normalized spacial score (nSPS) is 15.5. The van der Waals surface area contributed by atoms with Crippen molar-refractivity contribution in [1.82, 2.24) is 10.0 Å². The van der Waals surface area contributed by atoms with E-state index in [1.54, 1.807) is 0 Å². The molecule has 2 aromatic carbocycles. The minimum Gasteiger partial charge on any atom is -0.482 e. The molecule has 0 saturated heterocycles. The molecule has 1 saturated carbocycles. The Hall–Kier alpha value is -2.09. The number of amides is 1. The molecule has 0 bridgehead atoms. The Morgan fingerprint density at radius 1 is 1.09 bits per heavy atom. The fourth-order valence-electron chi connectivity index (χ4n) is 4.05. The fourth-order valence-corrected chi connectivity index (χ4v) is 5.68. The van der Waals surface area contributed by atoms with Gasteiger partial charge in [0, 0.05) is 6.04 Å². The van der Waals surface area contributed by atoms with Crippen LogP contribution in [-0.2, 0) is 14.8 Å². The molecule has 0 aromatic heterocycles. The number of nitrogens with one attached hydrogen (secondary N) is 2. The first kappa shape index (κ1) is 24.6. The molecule has 0 radical (unpaired) electrons. The van der Waals surface area contributed by atoms with Crippen LogP contribution in [0.15, 0.2) is 35.2 Å². The van der Waals surface area contributed by atoms with Crippen LogP contribution in [0.25, 0.3) is 0 Å². The first-order valence-electron chi connectivity index (χ1n) is 10.9. The molecule has 8 heteroatoms. The topological polar surface area (TPSA) is 84.5 Å². The van der Waals surface area contributed by atoms with Gasteiger partial charge < -0.3 is 10.1 Å². The van der Waals surface area contributed by atoms with Gasteiger partial charge in [0.05, 0.1) is 16.0 Å². The van der Waals surface area contributed by atoms with Crippen molar-refractivity contribution in [3.8, 4) is 5.75 Å². The zero-order valence-electron chi connectivity index (χ0n) is 19.0. The van der Waals surface area contributed by atoms with Crippen molar-refractivity contribution in [2.75, 3.05) is 6.61 Å². The highest BCUT2D eigenvalue weighted by atomic mass is 35.5. The van der Waals surface area contributed by atoms with Crippen LogP contribution in [0.2, 0.25) is 5.02 Å². The van der Waals surface area contributed by atoms with Gasteiger partial charge in [-0.05, 0) is 81.0 Å². The Labute approximate surface area is 195 Å². The number of carbonyl (C=O) groups is 1. The van der Waals surface area contributed by atoms with E-state index in [0.717, 1.165) is 36.8 Å². The standard InChI is InChI=1S/C24H31ClN2O4S/c1-15-11-17(3)21(12-16(15)2)18(4)26-24(28)14-31-23-10-9-20(13-22(23)25)32(29,30)27-19-7-5-6-8-19/h9-13,18-19,27H,5-8,14H2,1-4H3,(H,26,28)/t18-/m0/s1. The summed E-state index contributed by atoms with van der Waals surface area (Å²) < 4.78 is 33.4. The SMILES string of the molecule is Cc1cc(C)c([C@H](C)NC(=O)COc2ccc(S(=O)(=O)NC3CCCC3)cc2Cl)cc1C. The average molecular weight is 479 g/mol. The lowest BCUT2D eigenvalue weighted by Gasteiger charge is -2.19. The molecule has 174 valence electrons. The van der Waals surface area contributed by atoms with Gasteiger partial charge >= 0.3 is 0 Å². The van der Waals surface area contributed by atoms with Crippen LogP contribution in [0.4, 0.5) is 0 Å². The second-order valence-corrected chi connectivity index (χ2v) is 10.7. The Kier molecular flexibility index (Phi) is 7.85. The van der Waals surface area contributed by atoms with E-state index >= 15 is 0 Å². The van der Waals surface area contributed by atoms with Gasteiger partial charge in [0.1, 0.15) is 5.75 Å². The van der Waals surface area contributed by atoms with Gasteiger partial charge in [0.15, 0.2) is 6.61 Å². The molecule has 1 fully saturated rings. The minimum absolute atomic E-state index is 0.0265. The van der Waals surface area contributed by atoms with Gasteiger partial charge in [-0.25, -0.2) is 13.1 Å². The van der Waals surface area contributed by atoms with Gasteiger partial charge in [-0.15, -0.1) is 0 Å². The van der Waals surface area contributed by atoms with E-state index in [-0.39, 0.29) is 40.3 Å². The Morgan fingerprint density at radius 2 is 1.75 bits per heavy atom. The number of benzene rings is 2. The number of hydrogen-bond acceptors (Lipinski definition) is 4. The molecule has 3 rings (SSSR count). The quantitative estimate of drug-likeness (QED) is 0.573. The van der Waals surface area contributed by atoms with Gasteiger partial charge in [0.2, 0.25) is 10.0 Å². The predicted molar refractivity (Wildman–Crippen MR) is 127 cm³/mol. The molecule has 1 aliphatic carbocycles. The van der Waals surface area contributed by atoms with Gasteiger partial charge in [-0.2, -0.15) is 0 Å². The van der Waals surface area contributed by atoms with Crippen molar-refractivity contribution < 1.29 is 17.9 Å². The van der Waals surface area contributed by atoms with Crippen LogP contribution in [-0.4, -0.2) is 27.0 Å². The van der Waals surface area contributed by atoms with Crippen molar-refractivity contribution in [1.29, 1.82) is 0 Å². The molecule has 0 aliphatic heterocycles. The molecule has 6 nitrogen and oxygen atoms in total. The molecule has 2 N–H and O–H groups in total. The summed E-state index contributed by atoms with van der Waals surface area (Å²) in [6, 6.07) is 8.28. The van der Waals surface area contributed by atoms with E-state index in [1.165, 1.54) is 29.3 Å². The van der Waals surface area contributed by atoms with E-state index in [4.69, 9.17) is 16.3 Å². The largest absolute Gasteiger partial charge is 0.482 e. The van der Waals surface area contributed by atoms with Crippen LogP contribution in [0.5, 0.6) is 5.75 Å². The molecule has 1 amide bonds. The number of ether oxygens (including phenoxy) is 1. The minimum atomic E-state index is -3.64. The van der Waals surface area contributed by atoms with E-state index < -0.39 is 10.0 Å². The van der Waals surface area contributed by atoms with Crippen molar-refractivity contribution in [3.05, 3.63) is 57.6 Å². The van der Waals surface area contributed by atoms with Crippen LogP contribution >= 0.6 is 11.6 Å². The lowest BCUT2D eigenvalue weighted by atomic mass is 9.96. The van der Waals surface area contributed by atoms with Gasteiger partial charge in [-0.1, -0.05) is 36.6 Å². The number of rotatable bonds is 8. The third-order valence-corrected chi connectivity index (χ3v) is 7.79. The summed E-state index contributed by atoms with van der Waals surface area (Å²) in [6.07, 6.45) is 3.77. The average Bonchev–Trinajstić information content (AvgIpc) is 3.21. The maximum absolute atomic E-state index is 12.6. The van der Waals surface area contributed by atoms with Crippen LogP contribution < -0.4 is 14.8 Å². The Bertz CT molecular complexity index is 1100. The van der Waals surface area contributed by atoms with Crippen LogP contribution in [0, 0.1) is 20.8 Å². The molecule has 1 aliphatic rings. The maximum atomic E-state index is 12.6. The molecule has 2 aromatic rings. The molecule has 0 spiro atoms. The van der Waals surface area contributed by atoms with Crippen molar-refractivity contribution in [2.45, 2.75) is 70.4 Å². The van der Waals surface area contributed by atoms with E-state index in [0.29, 0.717) is 0 Å². The second-order valence-electron chi connectivity index (χ2n) is 8.57. The smallest absolute Gasteiger partial charge is 0.258 e. The highest BCUT2D eigenvalue weighted by Gasteiger charge is 2.23. The highest BCUT2D eigenvalue weighted by molar-refractivity contribution is 7.89. The molecule has 1 atom stereocenters. The predicted octanol–water partition coefficient (Wildman–Crippen LogP) is 4.74. The van der Waals surface area contributed by atoms with Crippen molar-refractivity contribution >= 4 is 27.5 Å². The molecule has 0 heterocycles. The number of carbonyl (C=O) groups excluding carboxylic acids is 1. The number of aryl methyl sites for hydroxylation is 3. The monoisotopic (exact) mass is 478 g/mol. The van der Waals surface area contributed by atoms with Crippen LogP contribution in [0.1, 0.15) is 60.9 Å². The highest BCUT2D eigenvalue weighted by Crippen LogP contribution is 2.28. The first-order valence-corrected chi connectivity index (χ1v) is 12.7. The summed E-state index contributed by atoms with van der Waals surface area (Å²) >= 11 is 6.24.